The van der Waals surface area contributed by atoms with Gasteiger partial charge in [0.25, 0.3) is 5.91 Å². The number of pyridine rings is 1. The normalized spacial score (nSPS) is 14.5. The van der Waals surface area contributed by atoms with Crippen LogP contribution in [0.2, 0.25) is 0 Å². The number of hydrogen-bond acceptors (Lipinski definition) is 7. The van der Waals surface area contributed by atoms with Crippen LogP contribution in [0.4, 0.5) is 5.95 Å². The molecule has 0 bridgehead atoms. The highest BCUT2D eigenvalue weighted by Gasteiger charge is 2.24. The topological polar surface area (TPSA) is 80.2 Å². The molecule has 3 aromatic rings. The Kier molecular flexibility index (Phi) is 6.89. The van der Waals surface area contributed by atoms with Crippen molar-refractivity contribution in [2.45, 2.75) is 25.8 Å². The first-order valence-electron chi connectivity index (χ1n) is 9.26. The maximum Gasteiger partial charge on any atom is 0.274 e. The van der Waals surface area contributed by atoms with E-state index in [4.69, 9.17) is 0 Å². The fourth-order valence-corrected chi connectivity index (χ4v) is 3.85. The third-order valence-electron chi connectivity index (χ3n) is 4.38. The van der Waals surface area contributed by atoms with Crippen LogP contribution in [0.15, 0.2) is 35.8 Å². The molecule has 4 rings (SSSR count). The van der Waals surface area contributed by atoms with Crippen LogP contribution >= 0.6 is 11.3 Å². The van der Waals surface area contributed by atoms with Gasteiger partial charge < -0.3 is 15.0 Å². The fraction of sp³-hybridized carbons (Fsp3) is 0.400. The van der Waals surface area contributed by atoms with Gasteiger partial charge in [0.2, 0.25) is 5.95 Å². The Labute approximate surface area is 168 Å². The molecule has 1 unspecified atom stereocenters. The molecule has 0 radical (unpaired) electrons. The number of amides is 1. The van der Waals surface area contributed by atoms with E-state index in [1.54, 1.807) is 20.4 Å². The van der Waals surface area contributed by atoms with Crippen LogP contribution in [-0.4, -0.2) is 53.1 Å². The van der Waals surface area contributed by atoms with Gasteiger partial charge in [0, 0.05) is 33.5 Å². The lowest BCUT2D eigenvalue weighted by molar-refractivity contribution is 0.0789. The molecular formula is C20H25N5O2S. The van der Waals surface area contributed by atoms with Crippen molar-refractivity contribution in [3.8, 4) is 0 Å². The van der Waals surface area contributed by atoms with Gasteiger partial charge in [0.15, 0.2) is 5.69 Å². The smallest absolute Gasteiger partial charge is 0.274 e. The second kappa shape index (κ2) is 9.57. The molecule has 1 aliphatic heterocycles. The molecule has 0 saturated carbocycles. The van der Waals surface area contributed by atoms with E-state index in [1.807, 2.05) is 41.5 Å². The summed E-state index contributed by atoms with van der Waals surface area (Å²) in [7, 11) is 3.25. The summed E-state index contributed by atoms with van der Waals surface area (Å²) in [6.45, 7) is 3.62. The lowest BCUT2D eigenvalue weighted by Crippen LogP contribution is -2.29. The lowest BCUT2D eigenvalue weighted by atomic mass is 10.2. The van der Waals surface area contributed by atoms with E-state index in [1.165, 1.54) is 11.3 Å². The van der Waals surface area contributed by atoms with Crippen LogP contribution in [0.25, 0.3) is 10.2 Å². The maximum atomic E-state index is 12.9. The Morgan fingerprint density at radius 3 is 2.64 bits per heavy atom. The number of hydrogen-bond donors (Lipinski definition) is 1. The molecule has 148 valence electrons. The Bertz CT molecular complexity index is 909. The Balaban J connectivity index is 0.000000706. The number of ether oxygens (including phenoxy) is 1. The molecule has 1 amide bonds. The average molecular weight is 400 g/mol. The zero-order valence-electron chi connectivity index (χ0n) is 16.4. The average Bonchev–Trinajstić information content (AvgIpc) is 3.40. The van der Waals surface area contributed by atoms with Crippen LogP contribution < -0.4 is 5.32 Å². The molecule has 3 aromatic heterocycles. The van der Waals surface area contributed by atoms with E-state index in [2.05, 4.69) is 25.0 Å². The molecule has 28 heavy (non-hydrogen) atoms. The highest BCUT2D eigenvalue weighted by atomic mass is 32.1. The minimum absolute atomic E-state index is 0.000823. The van der Waals surface area contributed by atoms with Crippen molar-refractivity contribution in [2.75, 3.05) is 32.6 Å². The molecule has 1 aliphatic rings. The number of aromatic nitrogens is 3. The largest absolute Gasteiger partial charge is 0.388 e. The molecule has 1 N–H and O–H groups in total. The molecule has 1 fully saturated rings. The highest BCUT2D eigenvalue weighted by molar-refractivity contribution is 7.17. The van der Waals surface area contributed by atoms with Crippen molar-refractivity contribution in [1.29, 1.82) is 0 Å². The van der Waals surface area contributed by atoms with Gasteiger partial charge >= 0.3 is 0 Å². The second-order valence-electron chi connectivity index (χ2n) is 6.56. The molecule has 1 saturated heterocycles. The monoisotopic (exact) mass is 399 g/mol. The fourth-order valence-electron chi connectivity index (χ4n) is 3.04. The predicted octanol–water partition coefficient (Wildman–Crippen LogP) is 3.76. The number of likely N-dealkylation sites (tertiary alicyclic amines) is 1. The van der Waals surface area contributed by atoms with Crippen LogP contribution in [0.1, 0.15) is 42.0 Å². The summed E-state index contributed by atoms with van der Waals surface area (Å²) in [6, 6.07) is 7.67. The number of anilines is 1. The van der Waals surface area contributed by atoms with E-state index < -0.39 is 0 Å². The van der Waals surface area contributed by atoms with Crippen molar-refractivity contribution in [3.63, 3.8) is 0 Å². The van der Waals surface area contributed by atoms with E-state index in [0.29, 0.717) is 11.6 Å². The van der Waals surface area contributed by atoms with Crippen LogP contribution in [-0.2, 0) is 4.74 Å². The van der Waals surface area contributed by atoms with E-state index >= 15 is 0 Å². The number of methoxy groups -OCH3 is 1. The molecule has 7 nitrogen and oxygen atoms in total. The number of fused-ring (bicyclic) bond motifs is 1. The van der Waals surface area contributed by atoms with Gasteiger partial charge in [-0.3, -0.25) is 9.78 Å². The third-order valence-corrected chi connectivity index (χ3v) is 5.29. The zero-order chi connectivity index (χ0) is 19.9. The molecule has 8 heteroatoms. The number of thiophene rings is 1. The second-order valence-corrected chi connectivity index (χ2v) is 7.48. The van der Waals surface area contributed by atoms with Crippen LogP contribution in [0.5, 0.6) is 0 Å². The molecule has 1 atom stereocenters. The third kappa shape index (κ3) is 4.63. The van der Waals surface area contributed by atoms with Gasteiger partial charge in [-0.25, -0.2) is 9.97 Å². The standard InChI is InChI=1S/C18H19N5OS.C2H6O/c1-12(13-6-2-3-8-19-13)20-18-21-14-7-11-25-16(14)15(22-18)17(24)23-9-4-5-10-23;1-3-2/h2-3,6-8,11-12H,4-5,9-10H2,1H3,(H,20,21,22);1-2H3. The van der Waals surface area contributed by atoms with Crippen LogP contribution in [0.3, 0.4) is 0 Å². The molecule has 4 heterocycles. The van der Waals surface area contributed by atoms with Gasteiger partial charge in [-0.2, -0.15) is 0 Å². The summed E-state index contributed by atoms with van der Waals surface area (Å²) in [5.41, 5.74) is 2.21. The summed E-state index contributed by atoms with van der Waals surface area (Å²) >= 11 is 1.51. The van der Waals surface area contributed by atoms with E-state index in [9.17, 15) is 4.79 Å². The van der Waals surface area contributed by atoms with Crippen molar-refractivity contribution in [2.24, 2.45) is 0 Å². The van der Waals surface area contributed by atoms with Crippen molar-refractivity contribution in [3.05, 3.63) is 47.2 Å². The Morgan fingerprint density at radius 2 is 1.96 bits per heavy atom. The first kappa shape index (κ1) is 20.2. The molecule has 0 spiro atoms. The minimum Gasteiger partial charge on any atom is -0.388 e. The van der Waals surface area contributed by atoms with Gasteiger partial charge in [0.1, 0.15) is 0 Å². The first-order chi connectivity index (χ1) is 13.6. The number of carbonyl (C=O) groups is 1. The van der Waals surface area contributed by atoms with Gasteiger partial charge in [-0.15, -0.1) is 11.3 Å². The van der Waals surface area contributed by atoms with Crippen molar-refractivity contribution >= 4 is 33.4 Å². The van der Waals surface area contributed by atoms with Crippen molar-refractivity contribution in [1.82, 2.24) is 19.9 Å². The summed E-state index contributed by atoms with van der Waals surface area (Å²) in [5, 5.41) is 5.23. The highest BCUT2D eigenvalue weighted by Crippen LogP contribution is 2.26. The Morgan fingerprint density at radius 1 is 1.21 bits per heavy atom. The summed E-state index contributed by atoms with van der Waals surface area (Å²) in [5.74, 6) is 0.465. The van der Waals surface area contributed by atoms with E-state index in [0.717, 1.165) is 41.8 Å². The number of rotatable bonds is 4. The number of nitrogens with one attached hydrogen (secondary N) is 1. The Hall–Kier alpha value is -2.58. The summed E-state index contributed by atoms with van der Waals surface area (Å²) < 4.78 is 5.10. The zero-order valence-corrected chi connectivity index (χ0v) is 17.2. The maximum absolute atomic E-state index is 12.9. The quantitative estimate of drug-likeness (QED) is 0.720. The molecule has 0 aliphatic carbocycles. The summed E-state index contributed by atoms with van der Waals surface area (Å²) in [6.07, 6.45) is 3.89. The number of carbonyl (C=O) groups excluding carboxylic acids is 1. The lowest BCUT2D eigenvalue weighted by Gasteiger charge is -2.17. The van der Waals surface area contributed by atoms with Crippen LogP contribution in [0, 0.1) is 0 Å². The van der Waals surface area contributed by atoms with Gasteiger partial charge in [-0.05, 0) is 43.3 Å². The van der Waals surface area contributed by atoms with Gasteiger partial charge in [0.05, 0.1) is 22.0 Å². The van der Waals surface area contributed by atoms with Crippen molar-refractivity contribution < 1.29 is 9.53 Å². The SMILES string of the molecule is CC(Nc1nc(C(=O)N2CCCC2)c2sccc2n1)c1ccccn1.COC. The van der Waals surface area contributed by atoms with E-state index in [-0.39, 0.29) is 11.9 Å². The minimum atomic E-state index is -0.0491. The first-order valence-corrected chi connectivity index (χ1v) is 10.1. The predicted molar refractivity (Wildman–Crippen MR) is 112 cm³/mol. The summed E-state index contributed by atoms with van der Waals surface area (Å²) in [4.78, 5) is 28.2. The molecule has 0 aromatic carbocycles. The van der Waals surface area contributed by atoms with Gasteiger partial charge in [-0.1, -0.05) is 6.07 Å². The number of nitrogens with zero attached hydrogens (tertiary/aromatic N) is 4. The molecular weight excluding hydrogens is 374 g/mol.